The second kappa shape index (κ2) is 6.26. The molecule has 0 aromatic heterocycles. The molecule has 0 aromatic carbocycles. The first-order valence-electron chi connectivity index (χ1n) is 4.05. The lowest BCUT2D eigenvalue weighted by molar-refractivity contribution is -0.134. The van der Waals surface area contributed by atoms with Gasteiger partial charge in [-0.2, -0.15) is 11.8 Å². The molecule has 0 amide bonds. The minimum atomic E-state index is -3.65. The summed E-state index contributed by atoms with van der Waals surface area (Å²) in [4.78, 5) is 10.2. The molecule has 0 saturated carbocycles. The van der Waals surface area contributed by atoms with Crippen LogP contribution in [-0.4, -0.2) is 43.8 Å². The zero-order valence-electron chi connectivity index (χ0n) is 8.19. The maximum atomic E-state index is 11.1. The number of aliphatic carboxylic acids is 1. The van der Waals surface area contributed by atoms with Gasteiger partial charge >= 0.3 is 5.97 Å². The summed E-state index contributed by atoms with van der Waals surface area (Å²) in [7, 11) is -3.65. The van der Waals surface area contributed by atoms with Gasteiger partial charge in [-0.3, -0.25) is 4.79 Å². The number of hydrogen-bond acceptors (Lipinski definition) is 4. The fraction of sp³-hybridized carbons (Fsp3) is 0.857. The molecule has 14 heavy (non-hydrogen) atoms. The van der Waals surface area contributed by atoms with Crippen molar-refractivity contribution in [3.63, 3.8) is 0 Å². The molecule has 5 nitrogen and oxygen atoms in total. The van der Waals surface area contributed by atoms with Crippen LogP contribution in [0, 0.1) is 5.92 Å². The maximum Gasteiger partial charge on any atom is 0.320 e. The van der Waals surface area contributed by atoms with Crippen molar-refractivity contribution in [2.24, 2.45) is 5.92 Å². The number of carboxylic acids is 1. The van der Waals surface area contributed by atoms with Crippen LogP contribution < -0.4 is 4.72 Å². The summed E-state index contributed by atoms with van der Waals surface area (Å²) in [5.41, 5.74) is 0. The van der Waals surface area contributed by atoms with Crippen LogP contribution in [0.5, 0.6) is 0 Å². The highest BCUT2D eigenvalue weighted by atomic mass is 32.2. The zero-order chi connectivity index (χ0) is 11.2. The van der Waals surface area contributed by atoms with E-state index in [1.165, 1.54) is 0 Å². The molecule has 0 rings (SSSR count). The average Bonchev–Trinajstić information content (AvgIpc) is 1.99. The molecule has 0 saturated heterocycles. The van der Waals surface area contributed by atoms with Crippen LogP contribution >= 0.6 is 11.8 Å². The van der Waals surface area contributed by atoms with Crippen LogP contribution in [0.1, 0.15) is 6.92 Å². The molecule has 0 spiro atoms. The Hall–Kier alpha value is -0.270. The lowest BCUT2D eigenvalue weighted by Gasteiger charge is -2.10. The molecule has 0 heterocycles. The quantitative estimate of drug-likeness (QED) is 0.655. The maximum absolute atomic E-state index is 11.1. The van der Waals surface area contributed by atoms with Gasteiger partial charge in [-0.05, 0) is 17.9 Å². The van der Waals surface area contributed by atoms with Crippen molar-refractivity contribution in [1.82, 2.24) is 4.72 Å². The summed E-state index contributed by atoms with van der Waals surface area (Å²) < 4.78 is 24.4. The van der Waals surface area contributed by atoms with Crippen LogP contribution in [0.25, 0.3) is 0 Å². The molecule has 0 aliphatic rings. The summed E-state index contributed by atoms with van der Waals surface area (Å²) in [5.74, 6) is -1.15. The highest BCUT2D eigenvalue weighted by Gasteiger charge is 2.15. The highest BCUT2D eigenvalue weighted by molar-refractivity contribution is 7.98. The SMILES string of the molecule is CSCC(C)CNS(=O)(=O)CC(=O)O. The molecule has 0 aliphatic carbocycles. The molecule has 7 heteroatoms. The van der Waals surface area contributed by atoms with E-state index >= 15 is 0 Å². The summed E-state index contributed by atoms with van der Waals surface area (Å²) in [6, 6.07) is 0. The fourth-order valence-electron chi connectivity index (χ4n) is 0.826. The van der Waals surface area contributed by atoms with Gasteiger partial charge < -0.3 is 5.11 Å². The molecule has 0 fully saturated rings. The monoisotopic (exact) mass is 241 g/mol. The molecule has 84 valence electrons. The Morgan fingerprint density at radius 2 is 2.14 bits per heavy atom. The van der Waals surface area contributed by atoms with E-state index in [1.54, 1.807) is 11.8 Å². The second-order valence-corrected chi connectivity index (χ2v) is 5.78. The Kier molecular flexibility index (Phi) is 6.14. The van der Waals surface area contributed by atoms with Gasteiger partial charge in [0.1, 0.15) is 0 Å². The Morgan fingerprint density at radius 1 is 1.57 bits per heavy atom. The second-order valence-electron chi connectivity index (χ2n) is 3.06. The molecule has 0 bridgehead atoms. The Balaban J connectivity index is 3.93. The van der Waals surface area contributed by atoms with Gasteiger partial charge in [-0.25, -0.2) is 13.1 Å². The summed E-state index contributed by atoms with van der Waals surface area (Å²) >= 11 is 1.62. The van der Waals surface area contributed by atoms with Crippen molar-refractivity contribution in [3.8, 4) is 0 Å². The summed E-state index contributed by atoms with van der Waals surface area (Å²) in [6.07, 6.45) is 1.93. The molecule has 0 radical (unpaired) electrons. The van der Waals surface area contributed by atoms with Crippen molar-refractivity contribution in [1.29, 1.82) is 0 Å². The van der Waals surface area contributed by atoms with Crippen molar-refractivity contribution in [2.75, 3.05) is 24.3 Å². The van der Waals surface area contributed by atoms with Gasteiger partial charge in [0.2, 0.25) is 10.0 Å². The largest absolute Gasteiger partial charge is 0.480 e. The number of nitrogens with one attached hydrogen (secondary N) is 1. The van der Waals surface area contributed by atoms with E-state index in [4.69, 9.17) is 5.11 Å². The van der Waals surface area contributed by atoms with Crippen LogP contribution in [0.3, 0.4) is 0 Å². The minimum absolute atomic E-state index is 0.202. The number of rotatable bonds is 7. The van der Waals surface area contributed by atoms with Gasteiger partial charge in [0, 0.05) is 6.54 Å². The molecule has 0 aliphatic heterocycles. The minimum Gasteiger partial charge on any atom is -0.480 e. The average molecular weight is 241 g/mol. The Bertz CT molecular complexity index is 275. The van der Waals surface area contributed by atoms with Gasteiger partial charge in [0.05, 0.1) is 0 Å². The summed E-state index contributed by atoms with van der Waals surface area (Å²) in [5, 5.41) is 8.29. The smallest absolute Gasteiger partial charge is 0.320 e. The van der Waals surface area contributed by atoms with E-state index < -0.39 is 21.7 Å². The standard InChI is InChI=1S/C7H15NO4S2/c1-6(4-13-2)3-8-14(11,12)5-7(9)10/h6,8H,3-5H2,1-2H3,(H,9,10). The van der Waals surface area contributed by atoms with E-state index in [0.717, 1.165) is 5.75 Å². The van der Waals surface area contributed by atoms with Gasteiger partial charge in [0.15, 0.2) is 5.75 Å². The van der Waals surface area contributed by atoms with Gasteiger partial charge in [-0.1, -0.05) is 6.92 Å². The van der Waals surface area contributed by atoms with E-state index in [0.29, 0.717) is 0 Å². The van der Waals surface area contributed by atoms with Gasteiger partial charge in [-0.15, -0.1) is 0 Å². The molecule has 2 N–H and O–H groups in total. The first-order valence-corrected chi connectivity index (χ1v) is 7.10. The van der Waals surface area contributed by atoms with Crippen LogP contribution in [-0.2, 0) is 14.8 Å². The fourth-order valence-corrected chi connectivity index (χ4v) is 2.48. The molecule has 0 aromatic rings. The molecular formula is C7H15NO4S2. The lowest BCUT2D eigenvalue weighted by atomic mass is 10.2. The van der Waals surface area contributed by atoms with E-state index in [9.17, 15) is 13.2 Å². The normalized spacial score (nSPS) is 13.9. The molecular weight excluding hydrogens is 226 g/mol. The van der Waals surface area contributed by atoms with Crippen LogP contribution in [0.4, 0.5) is 0 Å². The van der Waals surface area contributed by atoms with E-state index in [-0.39, 0.29) is 12.5 Å². The van der Waals surface area contributed by atoms with Crippen LogP contribution in [0.15, 0.2) is 0 Å². The Morgan fingerprint density at radius 3 is 2.57 bits per heavy atom. The third kappa shape index (κ3) is 7.16. The third-order valence-corrected chi connectivity index (χ3v) is 3.55. The van der Waals surface area contributed by atoms with E-state index in [1.807, 2.05) is 13.2 Å². The van der Waals surface area contributed by atoms with Crippen molar-refractivity contribution in [2.45, 2.75) is 6.92 Å². The first kappa shape index (κ1) is 13.7. The lowest BCUT2D eigenvalue weighted by Crippen LogP contribution is -2.33. The Labute approximate surface area is 88.3 Å². The summed E-state index contributed by atoms with van der Waals surface area (Å²) in [6.45, 7) is 2.19. The van der Waals surface area contributed by atoms with E-state index in [2.05, 4.69) is 4.72 Å². The number of carbonyl (C=O) groups is 1. The number of hydrogen-bond donors (Lipinski definition) is 2. The predicted molar refractivity (Wildman–Crippen MR) is 57.0 cm³/mol. The highest BCUT2D eigenvalue weighted by Crippen LogP contribution is 2.03. The number of thioether (sulfide) groups is 1. The van der Waals surface area contributed by atoms with Crippen LogP contribution in [0.2, 0.25) is 0 Å². The van der Waals surface area contributed by atoms with Crippen molar-refractivity contribution < 1.29 is 18.3 Å². The predicted octanol–water partition coefficient (Wildman–Crippen LogP) is -0.0105. The third-order valence-electron chi connectivity index (χ3n) is 1.42. The van der Waals surface area contributed by atoms with Crippen molar-refractivity contribution in [3.05, 3.63) is 0 Å². The first-order chi connectivity index (χ1) is 6.37. The topological polar surface area (TPSA) is 83.5 Å². The van der Waals surface area contributed by atoms with Gasteiger partial charge in [0.25, 0.3) is 0 Å². The molecule has 1 unspecified atom stereocenters. The number of sulfonamides is 1. The molecule has 1 atom stereocenters. The van der Waals surface area contributed by atoms with Crippen molar-refractivity contribution >= 4 is 27.8 Å². The zero-order valence-corrected chi connectivity index (χ0v) is 9.82. The number of carboxylic acid groups (broad SMARTS) is 1.